The number of hydrogen-bond donors (Lipinski definition) is 1. The molecular weight excluding hydrogens is 412 g/mol. The molecule has 0 aliphatic heterocycles. The third kappa shape index (κ3) is 6.93. The lowest BCUT2D eigenvalue weighted by molar-refractivity contribution is -0.138. The maximum atomic E-state index is 11.7. The molecule has 0 aliphatic rings. The lowest BCUT2D eigenvalue weighted by atomic mass is 9.97. The number of unbranched alkanes of at least 4 members (excludes halogenated alkanes) is 2. The second-order valence-corrected chi connectivity index (χ2v) is 8.41. The summed E-state index contributed by atoms with van der Waals surface area (Å²) in [5.41, 5.74) is 4.89. The van der Waals surface area contributed by atoms with Gasteiger partial charge in [0.05, 0.1) is 13.2 Å². The van der Waals surface area contributed by atoms with Crippen molar-refractivity contribution in [2.75, 3.05) is 19.8 Å². The number of benzene rings is 3. The maximum Gasteiger partial charge on any atom is 0.333 e. The molecule has 0 unspecified atom stereocenters. The van der Waals surface area contributed by atoms with Gasteiger partial charge in [0.15, 0.2) is 0 Å². The van der Waals surface area contributed by atoms with E-state index in [2.05, 4.69) is 56.0 Å². The molecule has 3 rings (SSSR count). The first-order chi connectivity index (χ1) is 16.0. The number of aliphatic hydroxyl groups is 1. The van der Waals surface area contributed by atoms with Gasteiger partial charge in [-0.1, -0.05) is 62.7 Å². The summed E-state index contributed by atoms with van der Waals surface area (Å²) in [6.07, 6.45) is 5.38. The molecule has 3 aromatic rings. The minimum Gasteiger partial charge on any atom is -0.491 e. The molecule has 33 heavy (non-hydrogen) atoms. The molecule has 0 heterocycles. The molecule has 0 radical (unpaired) electrons. The average molecular weight is 447 g/mol. The highest BCUT2D eigenvalue weighted by atomic mass is 16.5. The molecule has 0 aromatic heterocycles. The van der Waals surface area contributed by atoms with Gasteiger partial charge in [-0.15, -0.1) is 0 Å². The second-order valence-electron chi connectivity index (χ2n) is 8.41. The molecule has 4 nitrogen and oxygen atoms in total. The van der Waals surface area contributed by atoms with Gasteiger partial charge in [0.2, 0.25) is 0 Å². The highest BCUT2D eigenvalue weighted by Crippen LogP contribution is 2.30. The van der Waals surface area contributed by atoms with Crippen molar-refractivity contribution in [2.45, 2.75) is 46.0 Å². The summed E-state index contributed by atoms with van der Waals surface area (Å²) < 4.78 is 11.0. The van der Waals surface area contributed by atoms with Crippen molar-refractivity contribution in [3.8, 4) is 16.9 Å². The summed E-state index contributed by atoms with van der Waals surface area (Å²) in [5.74, 6) is 0.296. The second kappa shape index (κ2) is 12.2. The van der Waals surface area contributed by atoms with Crippen molar-refractivity contribution in [2.24, 2.45) is 0 Å². The Morgan fingerprint density at radius 2 is 1.64 bits per heavy atom. The Hall–Kier alpha value is -3.11. The van der Waals surface area contributed by atoms with E-state index in [1.807, 2.05) is 12.1 Å². The molecule has 3 aromatic carbocycles. The zero-order valence-corrected chi connectivity index (χ0v) is 19.7. The van der Waals surface area contributed by atoms with Crippen LogP contribution in [0.15, 0.2) is 66.7 Å². The van der Waals surface area contributed by atoms with Crippen LogP contribution in [0.1, 0.15) is 44.2 Å². The van der Waals surface area contributed by atoms with E-state index in [-0.39, 0.29) is 19.8 Å². The minimum atomic E-state index is -0.396. The Balaban J connectivity index is 1.82. The molecular formula is C29H34O4. The van der Waals surface area contributed by atoms with Crippen molar-refractivity contribution in [1.82, 2.24) is 0 Å². The van der Waals surface area contributed by atoms with Crippen molar-refractivity contribution in [1.29, 1.82) is 0 Å². The summed E-state index contributed by atoms with van der Waals surface area (Å²) in [6, 6.07) is 19.3. The van der Waals surface area contributed by atoms with Crippen molar-refractivity contribution < 1.29 is 19.4 Å². The first-order valence-electron chi connectivity index (χ1n) is 11.7. The fourth-order valence-corrected chi connectivity index (χ4v) is 3.84. The number of carbonyl (C=O) groups is 1. The van der Waals surface area contributed by atoms with E-state index in [0.717, 1.165) is 23.1 Å². The quantitative estimate of drug-likeness (QED) is 0.202. The van der Waals surface area contributed by atoms with Gasteiger partial charge in [0.1, 0.15) is 12.4 Å². The van der Waals surface area contributed by atoms with Crippen LogP contribution in [0.5, 0.6) is 5.75 Å². The highest BCUT2D eigenvalue weighted by Gasteiger charge is 2.10. The predicted octanol–water partition coefficient (Wildman–Crippen LogP) is 6.27. The molecule has 0 atom stereocenters. The van der Waals surface area contributed by atoms with Crippen LogP contribution in [0.4, 0.5) is 0 Å². The van der Waals surface area contributed by atoms with Gasteiger partial charge in [-0.2, -0.15) is 0 Å². The van der Waals surface area contributed by atoms with Gasteiger partial charge in [-0.3, -0.25) is 0 Å². The summed E-state index contributed by atoms with van der Waals surface area (Å²) in [6.45, 7) is 7.87. The molecule has 4 heteroatoms. The van der Waals surface area contributed by atoms with Crippen LogP contribution in [-0.2, 0) is 22.4 Å². The highest BCUT2D eigenvalue weighted by molar-refractivity contribution is 5.88. The molecule has 0 saturated heterocycles. The van der Waals surface area contributed by atoms with Crippen LogP contribution in [0.25, 0.3) is 21.9 Å². The first kappa shape index (κ1) is 24.5. The number of esters is 1. The molecule has 1 N–H and O–H groups in total. The number of ether oxygens (including phenoxy) is 2. The maximum absolute atomic E-state index is 11.7. The van der Waals surface area contributed by atoms with Gasteiger partial charge in [0, 0.05) is 12.0 Å². The van der Waals surface area contributed by atoms with Gasteiger partial charge in [-0.25, -0.2) is 4.79 Å². The van der Waals surface area contributed by atoms with E-state index < -0.39 is 5.97 Å². The molecule has 174 valence electrons. The molecule has 0 bridgehead atoms. The predicted molar refractivity (Wildman–Crippen MR) is 135 cm³/mol. The molecule has 0 aliphatic carbocycles. The number of aryl methyl sites for hydroxylation is 1. The third-order valence-corrected chi connectivity index (χ3v) is 5.67. The largest absolute Gasteiger partial charge is 0.491 e. The van der Waals surface area contributed by atoms with Gasteiger partial charge < -0.3 is 14.6 Å². The lowest BCUT2D eigenvalue weighted by Gasteiger charge is -2.14. The van der Waals surface area contributed by atoms with E-state index in [1.54, 1.807) is 6.92 Å². The number of rotatable bonds is 12. The standard InChI is InChI=1S/C29H34O4/c1-4-5-6-7-22-8-9-24-19-25(11-10-23(24)18-22)26-12-13-28(32-17-15-30)27(20-26)14-16-33-29(31)21(2)3/h8-13,18-20,30H,2,4-7,14-17H2,1,3H3. The van der Waals surface area contributed by atoms with E-state index in [9.17, 15) is 4.79 Å². The molecule has 0 saturated carbocycles. The first-order valence-corrected chi connectivity index (χ1v) is 11.7. The minimum absolute atomic E-state index is 0.0586. The Labute approximate surface area is 196 Å². The average Bonchev–Trinajstić information content (AvgIpc) is 2.82. The van der Waals surface area contributed by atoms with Crippen molar-refractivity contribution in [3.05, 3.63) is 77.9 Å². The zero-order chi connectivity index (χ0) is 23.6. The Morgan fingerprint density at radius 3 is 2.39 bits per heavy atom. The number of fused-ring (bicyclic) bond motifs is 1. The van der Waals surface area contributed by atoms with E-state index in [0.29, 0.717) is 17.7 Å². The summed E-state index contributed by atoms with van der Waals surface area (Å²) in [5, 5.41) is 11.6. The summed E-state index contributed by atoms with van der Waals surface area (Å²) in [4.78, 5) is 11.7. The third-order valence-electron chi connectivity index (χ3n) is 5.67. The van der Waals surface area contributed by atoms with E-state index in [4.69, 9.17) is 14.6 Å². The fourth-order valence-electron chi connectivity index (χ4n) is 3.84. The van der Waals surface area contributed by atoms with Crippen LogP contribution in [0.3, 0.4) is 0 Å². The van der Waals surface area contributed by atoms with E-state index in [1.165, 1.54) is 35.6 Å². The Bertz CT molecular complexity index is 1100. The summed E-state index contributed by atoms with van der Waals surface area (Å²) >= 11 is 0. The Kier molecular flexibility index (Phi) is 9.08. The summed E-state index contributed by atoms with van der Waals surface area (Å²) in [7, 11) is 0. The van der Waals surface area contributed by atoms with Gasteiger partial charge >= 0.3 is 5.97 Å². The molecule has 0 amide bonds. The SMILES string of the molecule is C=C(C)C(=O)OCCc1cc(-c2ccc3cc(CCCCC)ccc3c2)ccc1OCCO. The van der Waals surface area contributed by atoms with Crippen LogP contribution in [0, 0.1) is 0 Å². The van der Waals surface area contributed by atoms with E-state index >= 15 is 0 Å². The smallest absolute Gasteiger partial charge is 0.333 e. The number of aliphatic hydroxyl groups excluding tert-OH is 1. The van der Waals surface area contributed by atoms with Gasteiger partial charge in [0.25, 0.3) is 0 Å². The zero-order valence-electron chi connectivity index (χ0n) is 19.7. The molecule has 0 fully saturated rings. The van der Waals surface area contributed by atoms with Crippen LogP contribution >= 0.6 is 0 Å². The van der Waals surface area contributed by atoms with Crippen molar-refractivity contribution >= 4 is 16.7 Å². The Morgan fingerprint density at radius 1 is 0.909 bits per heavy atom. The lowest BCUT2D eigenvalue weighted by Crippen LogP contribution is -2.10. The number of carbonyl (C=O) groups excluding carboxylic acids is 1. The van der Waals surface area contributed by atoms with Gasteiger partial charge in [-0.05, 0) is 71.0 Å². The normalized spacial score (nSPS) is 10.9. The topological polar surface area (TPSA) is 55.8 Å². The monoisotopic (exact) mass is 446 g/mol. The fraction of sp³-hybridized carbons (Fsp3) is 0.345. The number of hydrogen-bond acceptors (Lipinski definition) is 4. The van der Waals surface area contributed by atoms with Crippen LogP contribution in [0.2, 0.25) is 0 Å². The van der Waals surface area contributed by atoms with Crippen LogP contribution < -0.4 is 4.74 Å². The van der Waals surface area contributed by atoms with Crippen molar-refractivity contribution in [3.63, 3.8) is 0 Å². The molecule has 0 spiro atoms. The van der Waals surface area contributed by atoms with Crippen LogP contribution in [-0.4, -0.2) is 30.9 Å².